The molecule has 6 rings (SSSR count). The van der Waals surface area contributed by atoms with Crippen molar-refractivity contribution in [1.82, 2.24) is 9.97 Å². The lowest BCUT2D eigenvalue weighted by Gasteiger charge is -1.92. The minimum atomic E-state index is 1.21. The standard InChI is InChI=1S/C13H11N.C12H9N/c1-9-6-7-11-10-4-2-3-5-12(10)14-13(11)8-9;1-3-7-11-9(5-1)10-6-2-4-8-12(10)13-11/h2-8,14H,1H3;1-8,13H. The summed E-state index contributed by atoms with van der Waals surface area (Å²) < 4.78 is 0. The van der Waals surface area contributed by atoms with Gasteiger partial charge in [-0.1, -0.05) is 66.7 Å². The van der Waals surface area contributed by atoms with E-state index in [1.54, 1.807) is 0 Å². The molecular weight excluding hydrogens is 328 g/mol. The van der Waals surface area contributed by atoms with Gasteiger partial charge in [-0.3, -0.25) is 0 Å². The largest absolute Gasteiger partial charge is 0.355 e. The van der Waals surface area contributed by atoms with E-state index >= 15 is 0 Å². The summed E-state index contributed by atoms with van der Waals surface area (Å²) in [5.41, 5.74) is 6.16. The maximum Gasteiger partial charge on any atom is 0.0467 e. The molecule has 0 fully saturated rings. The van der Waals surface area contributed by atoms with Crippen LogP contribution in [-0.2, 0) is 0 Å². The molecule has 0 saturated carbocycles. The van der Waals surface area contributed by atoms with Crippen molar-refractivity contribution >= 4 is 43.6 Å². The number of aryl methyl sites for hydroxylation is 1. The van der Waals surface area contributed by atoms with E-state index in [0.29, 0.717) is 0 Å². The number of fused-ring (bicyclic) bond motifs is 6. The van der Waals surface area contributed by atoms with Crippen molar-refractivity contribution in [1.29, 1.82) is 0 Å². The van der Waals surface area contributed by atoms with E-state index < -0.39 is 0 Å². The molecule has 2 nitrogen and oxygen atoms in total. The smallest absolute Gasteiger partial charge is 0.0467 e. The SMILES string of the molecule is Cc1ccc2c(c1)[nH]c1ccccc12.c1ccc2c(c1)[nH]c1ccccc12. The Morgan fingerprint density at radius 1 is 0.444 bits per heavy atom. The van der Waals surface area contributed by atoms with Gasteiger partial charge in [-0.05, 0) is 36.8 Å². The van der Waals surface area contributed by atoms with Gasteiger partial charge in [0.15, 0.2) is 0 Å². The normalized spacial score (nSPS) is 11.1. The number of H-pyrrole nitrogens is 2. The number of aromatic nitrogens is 2. The Balaban J connectivity index is 0.000000119. The molecule has 0 spiro atoms. The van der Waals surface area contributed by atoms with E-state index in [1.165, 1.54) is 49.2 Å². The number of aromatic amines is 2. The molecule has 27 heavy (non-hydrogen) atoms. The molecule has 0 aliphatic heterocycles. The zero-order chi connectivity index (χ0) is 18.2. The molecule has 2 heteroatoms. The lowest BCUT2D eigenvalue weighted by molar-refractivity contribution is 1.47. The minimum absolute atomic E-state index is 1.21. The fourth-order valence-electron chi connectivity index (χ4n) is 3.77. The third kappa shape index (κ3) is 2.76. The zero-order valence-electron chi connectivity index (χ0n) is 15.2. The van der Waals surface area contributed by atoms with Gasteiger partial charge in [-0.15, -0.1) is 0 Å². The summed E-state index contributed by atoms with van der Waals surface area (Å²) in [7, 11) is 0. The second-order valence-corrected chi connectivity index (χ2v) is 6.94. The highest BCUT2D eigenvalue weighted by molar-refractivity contribution is 6.07. The average Bonchev–Trinajstić information content (AvgIpc) is 3.26. The highest BCUT2D eigenvalue weighted by atomic mass is 14.7. The minimum Gasteiger partial charge on any atom is -0.355 e. The highest BCUT2D eigenvalue weighted by Crippen LogP contribution is 2.25. The first kappa shape index (κ1) is 15.7. The fourth-order valence-corrected chi connectivity index (χ4v) is 3.77. The molecule has 0 bridgehead atoms. The van der Waals surface area contributed by atoms with Gasteiger partial charge in [0.25, 0.3) is 0 Å². The molecule has 130 valence electrons. The van der Waals surface area contributed by atoms with Crippen LogP contribution in [0.15, 0.2) is 91.0 Å². The monoisotopic (exact) mass is 348 g/mol. The maximum absolute atomic E-state index is 3.42. The second kappa shape index (κ2) is 6.33. The van der Waals surface area contributed by atoms with Crippen molar-refractivity contribution in [2.75, 3.05) is 0 Å². The zero-order valence-corrected chi connectivity index (χ0v) is 15.2. The number of hydrogen-bond acceptors (Lipinski definition) is 0. The van der Waals surface area contributed by atoms with Gasteiger partial charge < -0.3 is 9.97 Å². The van der Waals surface area contributed by atoms with Crippen LogP contribution in [0.2, 0.25) is 0 Å². The van der Waals surface area contributed by atoms with Crippen LogP contribution in [0.5, 0.6) is 0 Å². The first-order valence-corrected chi connectivity index (χ1v) is 9.22. The van der Waals surface area contributed by atoms with Crippen LogP contribution in [0.4, 0.5) is 0 Å². The summed E-state index contributed by atoms with van der Waals surface area (Å²) >= 11 is 0. The van der Waals surface area contributed by atoms with Gasteiger partial charge in [0.1, 0.15) is 0 Å². The van der Waals surface area contributed by atoms with Gasteiger partial charge >= 0.3 is 0 Å². The molecule has 0 amide bonds. The second-order valence-electron chi connectivity index (χ2n) is 6.94. The van der Waals surface area contributed by atoms with Crippen LogP contribution in [0.25, 0.3) is 43.6 Å². The Hall–Kier alpha value is -3.52. The van der Waals surface area contributed by atoms with E-state index in [0.717, 1.165) is 0 Å². The van der Waals surface area contributed by atoms with E-state index in [-0.39, 0.29) is 0 Å². The molecule has 4 aromatic carbocycles. The number of hydrogen-bond donors (Lipinski definition) is 2. The van der Waals surface area contributed by atoms with E-state index in [4.69, 9.17) is 0 Å². The van der Waals surface area contributed by atoms with E-state index in [9.17, 15) is 0 Å². The quantitative estimate of drug-likeness (QED) is 0.298. The Morgan fingerprint density at radius 3 is 1.37 bits per heavy atom. The highest BCUT2D eigenvalue weighted by Gasteiger charge is 2.02. The number of rotatable bonds is 0. The van der Waals surface area contributed by atoms with Gasteiger partial charge in [0.05, 0.1) is 0 Å². The van der Waals surface area contributed by atoms with Crippen molar-refractivity contribution in [3.63, 3.8) is 0 Å². The summed E-state index contributed by atoms with van der Waals surface area (Å²) in [5.74, 6) is 0. The van der Waals surface area contributed by atoms with Crippen LogP contribution in [0.3, 0.4) is 0 Å². The molecule has 0 aliphatic carbocycles. The van der Waals surface area contributed by atoms with E-state index in [1.807, 2.05) is 0 Å². The maximum atomic E-state index is 3.42. The van der Waals surface area contributed by atoms with Crippen LogP contribution in [0.1, 0.15) is 5.56 Å². The molecule has 2 heterocycles. The Bertz CT molecular complexity index is 1340. The van der Waals surface area contributed by atoms with Crippen LogP contribution < -0.4 is 0 Å². The Morgan fingerprint density at radius 2 is 0.852 bits per heavy atom. The van der Waals surface area contributed by atoms with Gasteiger partial charge in [-0.2, -0.15) is 0 Å². The lowest BCUT2D eigenvalue weighted by atomic mass is 10.1. The summed E-state index contributed by atoms with van der Waals surface area (Å²) in [4.78, 5) is 6.80. The van der Waals surface area contributed by atoms with Crippen LogP contribution in [0, 0.1) is 6.92 Å². The summed E-state index contributed by atoms with van der Waals surface area (Å²) in [5, 5.41) is 5.23. The molecule has 0 radical (unpaired) electrons. The number of nitrogens with one attached hydrogen (secondary N) is 2. The Labute approximate surface area is 157 Å². The van der Waals surface area contributed by atoms with E-state index in [2.05, 4.69) is 108 Å². The fraction of sp³-hybridized carbons (Fsp3) is 0.0400. The number of para-hydroxylation sites is 3. The first-order valence-electron chi connectivity index (χ1n) is 9.22. The molecule has 0 unspecified atom stereocenters. The van der Waals surface area contributed by atoms with Crippen LogP contribution in [-0.4, -0.2) is 9.97 Å². The summed E-state index contributed by atoms with van der Waals surface area (Å²) in [6.07, 6.45) is 0. The lowest BCUT2D eigenvalue weighted by Crippen LogP contribution is -1.70. The summed E-state index contributed by atoms with van der Waals surface area (Å²) in [6.45, 7) is 2.12. The third-order valence-electron chi connectivity index (χ3n) is 5.08. The van der Waals surface area contributed by atoms with Crippen molar-refractivity contribution < 1.29 is 0 Å². The topological polar surface area (TPSA) is 31.6 Å². The summed E-state index contributed by atoms with van der Waals surface area (Å²) in [6, 6.07) is 31.7. The van der Waals surface area contributed by atoms with Gasteiger partial charge in [0.2, 0.25) is 0 Å². The molecule has 2 aromatic heterocycles. The molecule has 2 N–H and O–H groups in total. The van der Waals surface area contributed by atoms with Crippen LogP contribution >= 0.6 is 0 Å². The number of benzene rings is 4. The van der Waals surface area contributed by atoms with Crippen molar-refractivity contribution in [3.8, 4) is 0 Å². The van der Waals surface area contributed by atoms with Gasteiger partial charge in [0, 0.05) is 43.6 Å². The van der Waals surface area contributed by atoms with Crippen molar-refractivity contribution in [3.05, 3.63) is 96.6 Å². The molecular formula is C25H20N2. The molecule has 6 aromatic rings. The molecule has 0 atom stereocenters. The predicted molar refractivity (Wildman–Crippen MR) is 116 cm³/mol. The van der Waals surface area contributed by atoms with Gasteiger partial charge in [-0.25, -0.2) is 0 Å². The van der Waals surface area contributed by atoms with Crippen molar-refractivity contribution in [2.45, 2.75) is 6.92 Å². The first-order chi connectivity index (χ1) is 13.3. The molecule has 0 saturated heterocycles. The third-order valence-corrected chi connectivity index (χ3v) is 5.08. The average molecular weight is 348 g/mol. The van der Waals surface area contributed by atoms with Crippen molar-refractivity contribution in [2.24, 2.45) is 0 Å². The molecule has 0 aliphatic rings. The predicted octanol–water partition coefficient (Wildman–Crippen LogP) is 6.95. The Kier molecular flexibility index (Phi) is 3.68.